The minimum absolute atomic E-state index is 0.0417. The summed E-state index contributed by atoms with van der Waals surface area (Å²) in [6.07, 6.45) is 7.76. The molecular weight excluding hydrogens is 430 g/mol. The second-order valence-corrected chi connectivity index (χ2v) is 10.7. The molecule has 0 aliphatic rings. The third-order valence-corrected chi connectivity index (χ3v) is 5.01. The molecule has 1 rings (SSSR count). The molecule has 0 aliphatic carbocycles. The van der Waals surface area contributed by atoms with Gasteiger partial charge in [-0.15, -0.1) is 0 Å². The predicted octanol–water partition coefficient (Wildman–Crippen LogP) is 6.01. The molecule has 1 atom stereocenters. The monoisotopic (exact) mass is 475 g/mol. The van der Waals surface area contributed by atoms with E-state index >= 15 is 0 Å². The van der Waals surface area contributed by atoms with Crippen molar-refractivity contribution >= 4 is 17.8 Å². The molecule has 2 amide bonds. The fraction of sp³-hybridized carbons (Fsp3) is 0.667. The van der Waals surface area contributed by atoms with Crippen LogP contribution in [0.5, 0.6) is 0 Å². The molecule has 1 aromatic rings. The van der Waals surface area contributed by atoms with E-state index in [1.165, 1.54) is 37.7 Å². The topological polar surface area (TPSA) is 101 Å². The van der Waals surface area contributed by atoms with Crippen molar-refractivity contribution < 1.29 is 19.1 Å². The first-order valence-electron chi connectivity index (χ1n) is 12.4. The summed E-state index contributed by atoms with van der Waals surface area (Å²) in [4.78, 5) is 25.0. The maximum absolute atomic E-state index is 12.9. The number of rotatable bonds is 12. The van der Waals surface area contributed by atoms with Crippen molar-refractivity contribution in [3.8, 4) is 0 Å². The number of amides is 2. The number of alkyl carbamates (subject to hydrolysis) is 1. The summed E-state index contributed by atoms with van der Waals surface area (Å²) < 4.78 is 11.0. The predicted molar refractivity (Wildman–Crippen MR) is 138 cm³/mol. The molecule has 1 aromatic carbocycles. The molecule has 0 spiro atoms. The molecule has 34 heavy (non-hydrogen) atoms. The van der Waals surface area contributed by atoms with Crippen LogP contribution in [0.3, 0.4) is 0 Å². The van der Waals surface area contributed by atoms with E-state index in [4.69, 9.17) is 14.9 Å². The number of benzene rings is 1. The summed E-state index contributed by atoms with van der Waals surface area (Å²) >= 11 is 0. The van der Waals surface area contributed by atoms with Crippen LogP contribution in [0.1, 0.15) is 103 Å². The summed E-state index contributed by atoms with van der Waals surface area (Å²) in [5.74, 6) is -0.518. The molecule has 7 nitrogen and oxygen atoms in total. The third kappa shape index (κ3) is 13.3. The molecule has 0 aromatic heterocycles. The third-order valence-electron chi connectivity index (χ3n) is 5.01. The zero-order valence-corrected chi connectivity index (χ0v) is 22.2. The zero-order chi connectivity index (χ0) is 25.8. The number of ether oxygens (including phenoxy) is 2. The quantitative estimate of drug-likeness (QED) is 0.196. The van der Waals surface area contributed by atoms with E-state index in [1.54, 1.807) is 32.9 Å². The number of hydrogen-bond acceptors (Lipinski definition) is 5. The van der Waals surface area contributed by atoms with Crippen molar-refractivity contribution in [1.82, 2.24) is 10.6 Å². The van der Waals surface area contributed by atoms with Gasteiger partial charge in [0.25, 0.3) is 5.91 Å². The van der Waals surface area contributed by atoms with Crippen LogP contribution in [0.15, 0.2) is 24.3 Å². The van der Waals surface area contributed by atoms with Gasteiger partial charge in [0.05, 0.1) is 12.2 Å². The highest BCUT2D eigenvalue weighted by atomic mass is 16.6. The molecule has 1 unspecified atom stereocenters. The molecule has 7 heteroatoms. The summed E-state index contributed by atoms with van der Waals surface area (Å²) in [5, 5.41) is 13.5. The minimum Gasteiger partial charge on any atom is -0.444 e. The molecule has 0 saturated carbocycles. The van der Waals surface area contributed by atoms with Crippen LogP contribution < -0.4 is 10.6 Å². The highest BCUT2D eigenvalue weighted by molar-refractivity contribution is 6.01. The van der Waals surface area contributed by atoms with Crippen molar-refractivity contribution in [2.75, 3.05) is 6.61 Å². The van der Waals surface area contributed by atoms with Gasteiger partial charge in [0, 0.05) is 5.56 Å². The molecular formula is C27H45N3O4. The molecule has 0 aliphatic heterocycles. The van der Waals surface area contributed by atoms with Gasteiger partial charge in [0.15, 0.2) is 0 Å². The Hall–Kier alpha value is -2.41. The second-order valence-electron chi connectivity index (χ2n) is 10.7. The van der Waals surface area contributed by atoms with E-state index in [0.717, 1.165) is 12.8 Å². The van der Waals surface area contributed by atoms with Gasteiger partial charge in [-0.2, -0.15) is 0 Å². The number of amidine groups is 1. The van der Waals surface area contributed by atoms with Crippen molar-refractivity contribution in [2.24, 2.45) is 0 Å². The number of carbonyl (C=O) groups is 2. The Balaban J connectivity index is 2.72. The van der Waals surface area contributed by atoms with E-state index in [2.05, 4.69) is 17.6 Å². The molecule has 192 valence electrons. The smallest absolute Gasteiger partial charge is 0.413 e. The highest BCUT2D eigenvalue weighted by Gasteiger charge is 2.25. The average molecular weight is 476 g/mol. The summed E-state index contributed by atoms with van der Waals surface area (Å²) in [7, 11) is 0. The number of carbonyl (C=O) groups excluding carboxylic acids is 2. The van der Waals surface area contributed by atoms with Crippen molar-refractivity contribution in [1.29, 1.82) is 5.41 Å². The molecule has 0 saturated heterocycles. The van der Waals surface area contributed by atoms with Crippen molar-refractivity contribution in [3.05, 3.63) is 35.4 Å². The number of hydrogen-bond donors (Lipinski definition) is 3. The first kappa shape index (κ1) is 29.6. The Morgan fingerprint density at radius 1 is 0.912 bits per heavy atom. The lowest BCUT2D eigenvalue weighted by atomic mass is 10.0. The zero-order valence-electron chi connectivity index (χ0n) is 22.2. The molecule has 3 N–H and O–H groups in total. The number of nitrogens with one attached hydrogen (secondary N) is 3. The molecule has 0 fully saturated rings. The molecule has 0 bridgehead atoms. The van der Waals surface area contributed by atoms with Crippen LogP contribution in [0.2, 0.25) is 0 Å². The van der Waals surface area contributed by atoms with Crippen molar-refractivity contribution in [3.63, 3.8) is 0 Å². The average Bonchev–Trinajstić information content (AvgIpc) is 2.71. The van der Waals surface area contributed by atoms with Gasteiger partial charge in [0.2, 0.25) is 0 Å². The largest absolute Gasteiger partial charge is 0.444 e. The van der Waals surface area contributed by atoms with Crippen LogP contribution in [0.4, 0.5) is 4.79 Å². The Morgan fingerprint density at radius 3 is 2.06 bits per heavy atom. The summed E-state index contributed by atoms with van der Waals surface area (Å²) in [6.45, 7) is 13.2. The van der Waals surface area contributed by atoms with Crippen LogP contribution in [0.25, 0.3) is 0 Å². The van der Waals surface area contributed by atoms with Crippen LogP contribution >= 0.6 is 0 Å². The van der Waals surface area contributed by atoms with Gasteiger partial charge in [-0.25, -0.2) is 4.79 Å². The fourth-order valence-corrected chi connectivity index (χ4v) is 3.21. The van der Waals surface area contributed by atoms with E-state index in [-0.39, 0.29) is 18.3 Å². The van der Waals surface area contributed by atoms with Crippen molar-refractivity contribution in [2.45, 2.75) is 111 Å². The van der Waals surface area contributed by atoms with Gasteiger partial charge < -0.3 is 14.8 Å². The molecule has 0 heterocycles. The van der Waals surface area contributed by atoms with E-state index < -0.39 is 23.3 Å². The fourth-order valence-electron chi connectivity index (χ4n) is 3.21. The Morgan fingerprint density at radius 2 is 1.50 bits per heavy atom. The van der Waals surface area contributed by atoms with E-state index in [9.17, 15) is 9.59 Å². The molecule has 0 radical (unpaired) electrons. The summed E-state index contributed by atoms with van der Waals surface area (Å²) in [5.41, 5.74) is 0.548. The highest BCUT2D eigenvalue weighted by Crippen LogP contribution is 2.12. The SMILES string of the molecule is CCCCCCCCc1ccc(C(=O)NC(COC(C)(C)C)C(=N)NC(=O)OC(C)(C)C)cc1. The maximum Gasteiger partial charge on any atom is 0.413 e. The lowest BCUT2D eigenvalue weighted by molar-refractivity contribution is -0.00703. The lowest BCUT2D eigenvalue weighted by Gasteiger charge is -2.26. The second kappa shape index (κ2) is 14.1. The number of aryl methyl sites for hydroxylation is 1. The van der Waals surface area contributed by atoms with E-state index in [1.807, 2.05) is 32.9 Å². The van der Waals surface area contributed by atoms with E-state index in [0.29, 0.717) is 5.56 Å². The van der Waals surface area contributed by atoms with Gasteiger partial charge in [0.1, 0.15) is 17.5 Å². The first-order chi connectivity index (χ1) is 15.8. The first-order valence-corrected chi connectivity index (χ1v) is 12.4. The van der Waals surface area contributed by atoms with Gasteiger partial charge in [-0.05, 0) is 72.1 Å². The van der Waals surface area contributed by atoms with Gasteiger partial charge >= 0.3 is 6.09 Å². The summed E-state index contributed by atoms with van der Waals surface area (Å²) in [6, 6.07) is 6.72. The van der Waals surface area contributed by atoms with Crippen LogP contribution in [-0.2, 0) is 15.9 Å². The minimum atomic E-state index is -0.831. The standard InChI is InChI=1S/C27H45N3O4/c1-8-9-10-11-12-13-14-20-15-17-21(18-16-20)24(31)29-22(19-33-26(2,3)4)23(28)30-25(32)34-27(5,6)7/h15-18,22H,8-14,19H2,1-7H3,(H,29,31)(H2,28,30,32). The van der Waals surface area contributed by atoms with Crippen LogP contribution in [-0.4, -0.2) is 41.7 Å². The Labute approximate surface area is 205 Å². The Bertz CT molecular complexity index is 777. The number of unbranched alkanes of at least 4 members (excludes halogenated alkanes) is 5. The maximum atomic E-state index is 12.9. The Kier molecular flexibility index (Phi) is 12.3. The van der Waals surface area contributed by atoms with Gasteiger partial charge in [-0.3, -0.25) is 15.5 Å². The van der Waals surface area contributed by atoms with Gasteiger partial charge in [-0.1, -0.05) is 51.2 Å². The normalized spacial score (nSPS) is 12.7. The van der Waals surface area contributed by atoms with Crippen LogP contribution in [0, 0.1) is 5.41 Å². The lowest BCUT2D eigenvalue weighted by Crippen LogP contribution is -2.52.